The summed E-state index contributed by atoms with van der Waals surface area (Å²) in [7, 11) is 1.56. The lowest BCUT2D eigenvalue weighted by atomic mass is 10.2. The SMILES string of the molecule is COc1cc(Cl)c(C)cc1Nc1nccc(Nc2ccccc2F)n1. The van der Waals surface area contributed by atoms with Gasteiger partial charge in [0.1, 0.15) is 17.4 Å². The minimum atomic E-state index is -0.356. The minimum absolute atomic E-state index is 0.340. The maximum absolute atomic E-state index is 13.8. The fourth-order valence-electron chi connectivity index (χ4n) is 2.24. The summed E-state index contributed by atoms with van der Waals surface area (Å²) < 4.78 is 19.1. The van der Waals surface area contributed by atoms with Crippen molar-refractivity contribution in [3.05, 3.63) is 65.1 Å². The van der Waals surface area contributed by atoms with E-state index in [0.29, 0.717) is 33.9 Å². The highest BCUT2D eigenvalue weighted by atomic mass is 35.5. The zero-order chi connectivity index (χ0) is 17.8. The quantitative estimate of drug-likeness (QED) is 0.666. The number of aromatic nitrogens is 2. The second-order valence-corrected chi connectivity index (χ2v) is 5.70. The fraction of sp³-hybridized carbons (Fsp3) is 0.111. The molecular weight excluding hydrogens is 343 g/mol. The van der Waals surface area contributed by atoms with Crippen molar-refractivity contribution in [2.45, 2.75) is 6.92 Å². The molecule has 7 heteroatoms. The summed E-state index contributed by atoms with van der Waals surface area (Å²) >= 11 is 6.11. The number of hydrogen-bond acceptors (Lipinski definition) is 5. The number of halogens is 2. The van der Waals surface area contributed by atoms with E-state index < -0.39 is 0 Å². The van der Waals surface area contributed by atoms with Crippen LogP contribution < -0.4 is 15.4 Å². The van der Waals surface area contributed by atoms with E-state index in [4.69, 9.17) is 16.3 Å². The number of aryl methyl sites for hydroxylation is 1. The Balaban J connectivity index is 1.85. The van der Waals surface area contributed by atoms with Crippen molar-refractivity contribution < 1.29 is 9.13 Å². The summed E-state index contributed by atoms with van der Waals surface area (Å²) in [6.45, 7) is 1.89. The molecule has 0 atom stereocenters. The smallest absolute Gasteiger partial charge is 0.229 e. The average molecular weight is 359 g/mol. The van der Waals surface area contributed by atoms with Crippen LogP contribution in [0.2, 0.25) is 5.02 Å². The van der Waals surface area contributed by atoms with Crippen LogP contribution in [0.3, 0.4) is 0 Å². The summed E-state index contributed by atoms with van der Waals surface area (Å²) in [6.07, 6.45) is 1.58. The minimum Gasteiger partial charge on any atom is -0.495 e. The molecule has 0 spiro atoms. The van der Waals surface area contributed by atoms with E-state index >= 15 is 0 Å². The number of nitrogens with one attached hydrogen (secondary N) is 2. The number of rotatable bonds is 5. The molecule has 1 heterocycles. The van der Waals surface area contributed by atoms with Crippen LogP contribution in [0, 0.1) is 12.7 Å². The molecule has 25 heavy (non-hydrogen) atoms. The van der Waals surface area contributed by atoms with Gasteiger partial charge in [0.2, 0.25) is 5.95 Å². The number of hydrogen-bond donors (Lipinski definition) is 2. The third-order valence-corrected chi connectivity index (χ3v) is 3.93. The molecule has 0 saturated carbocycles. The summed E-state index contributed by atoms with van der Waals surface area (Å²) in [6, 6.07) is 11.6. The van der Waals surface area contributed by atoms with Gasteiger partial charge < -0.3 is 15.4 Å². The molecule has 0 amide bonds. The Morgan fingerprint density at radius 3 is 2.64 bits per heavy atom. The van der Waals surface area contributed by atoms with Crippen LogP contribution >= 0.6 is 11.6 Å². The van der Waals surface area contributed by atoms with E-state index in [-0.39, 0.29) is 5.82 Å². The van der Waals surface area contributed by atoms with Crippen LogP contribution in [0.5, 0.6) is 5.75 Å². The molecule has 1 aromatic heterocycles. The van der Waals surface area contributed by atoms with Crippen molar-refractivity contribution in [2.75, 3.05) is 17.7 Å². The van der Waals surface area contributed by atoms with E-state index in [2.05, 4.69) is 20.6 Å². The van der Waals surface area contributed by atoms with Crippen molar-refractivity contribution in [1.82, 2.24) is 9.97 Å². The Hall–Kier alpha value is -2.86. The molecule has 0 unspecified atom stereocenters. The summed E-state index contributed by atoms with van der Waals surface area (Å²) in [5.41, 5.74) is 1.92. The molecule has 2 N–H and O–H groups in total. The second-order valence-electron chi connectivity index (χ2n) is 5.30. The summed E-state index contributed by atoms with van der Waals surface area (Å²) in [5.74, 6) is 1.03. The normalized spacial score (nSPS) is 10.4. The van der Waals surface area contributed by atoms with E-state index in [1.807, 2.05) is 13.0 Å². The standard InChI is InChI=1S/C18H16ClFN4O/c1-11-9-15(16(25-2)10-12(11)19)23-18-21-8-7-17(24-18)22-14-6-4-3-5-13(14)20/h3-10H,1-2H3,(H2,21,22,23,24). The first kappa shape index (κ1) is 17.0. The van der Waals surface area contributed by atoms with Crippen LogP contribution in [0.15, 0.2) is 48.7 Å². The number of methoxy groups -OCH3 is 1. The molecule has 128 valence electrons. The molecule has 0 aliphatic rings. The molecule has 0 saturated heterocycles. The van der Waals surface area contributed by atoms with Gasteiger partial charge in [0, 0.05) is 17.3 Å². The van der Waals surface area contributed by atoms with Crippen molar-refractivity contribution in [3.8, 4) is 5.75 Å². The van der Waals surface area contributed by atoms with Crippen LogP contribution in [-0.2, 0) is 0 Å². The Labute approximate surface area is 149 Å². The zero-order valence-corrected chi connectivity index (χ0v) is 14.4. The molecule has 0 aliphatic heterocycles. The number of anilines is 4. The van der Waals surface area contributed by atoms with Gasteiger partial charge in [0.25, 0.3) is 0 Å². The lowest BCUT2D eigenvalue weighted by Gasteiger charge is -2.13. The molecule has 3 rings (SSSR count). The Bertz CT molecular complexity index is 904. The van der Waals surface area contributed by atoms with E-state index in [1.165, 1.54) is 6.07 Å². The topological polar surface area (TPSA) is 59.1 Å². The zero-order valence-electron chi connectivity index (χ0n) is 13.7. The molecule has 0 fully saturated rings. The lowest BCUT2D eigenvalue weighted by molar-refractivity contribution is 0.416. The maximum atomic E-state index is 13.8. The van der Waals surface area contributed by atoms with Crippen molar-refractivity contribution in [1.29, 1.82) is 0 Å². The van der Waals surface area contributed by atoms with Crippen LogP contribution in [0.4, 0.5) is 27.5 Å². The number of para-hydroxylation sites is 1. The van der Waals surface area contributed by atoms with E-state index in [9.17, 15) is 4.39 Å². The molecule has 5 nitrogen and oxygen atoms in total. The third kappa shape index (κ3) is 3.97. The van der Waals surface area contributed by atoms with Gasteiger partial charge in [-0.25, -0.2) is 9.37 Å². The predicted octanol–water partition coefficient (Wildman–Crippen LogP) is 5.07. The predicted molar refractivity (Wildman–Crippen MR) is 97.7 cm³/mol. The van der Waals surface area contributed by atoms with E-state index in [0.717, 1.165) is 5.56 Å². The maximum Gasteiger partial charge on any atom is 0.229 e. The number of nitrogens with zero attached hydrogens (tertiary/aromatic N) is 2. The Kier molecular flexibility index (Phi) is 5.00. The molecule has 2 aromatic carbocycles. The van der Waals surface area contributed by atoms with Gasteiger partial charge in [0.15, 0.2) is 0 Å². The highest BCUT2D eigenvalue weighted by molar-refractivity contribution is 6.31. The van der Waals surface area contributed by atoms with Crippen LogP contribution in [-0.4, -0.2) is 17.1 Å². The van der Waals surface area contributed by atoms with Gasteiger partial charge in [-0.3, -0.25) is 0 Å². The van der Waals surface area contributed by atoms with Gasteiger partial charge in [-0.15, -0.1) is 0 Å². The Morgan fingerprint density at radius 2 is 1.88 bits per heavy atom. The third-order valence-electron chi connectivity index (χ3n) is 3.52. The monoisotopic (exact) mass is 358 g/mol. The molecule has 0 bridgehead atoms. The van der Waals surface area contributed by atoms with Crippen LogP contribution in [0.25, 0.3) is 0 Å². The van der Waals surface area contributed by atoms with Gasteiger partial charge in [-0.2, -0.15) is 4.98 Å². The Morgan fingerprint density at radius 1 is 1.08 bits per heavy atom. The van der Waals surface area contributed by atoms with Gasteiger partial charge in [-0.1, -0.05) is 23.7 Å². The largest absolute Gasteiger partial charge is 0.495 e. The van der Waals surface area contributed by atoms with Gasteiger partial charge >= 0.3 is 0 Å². The number of ether oxygens (including phenoxy) is 1. The molecule has 0 radical (unpaired) electrons. The second kappa shape index (κ2) is 7.36. The fourth-order valence-corrected chi connectivity index (χ4v) is 2.39. The van der Waals surface area contributed by atoms with Crippen molar-refractivity contribution in [2.24, 2.45) is 0 Å². The average Bonchev–Trinajstić information content (AvgIpc) is 2.60. The van der Waals surface area contributed by atoms with Crippen molar-refractivity contribution >= 4 is 34.7 Å². The number of benzene rings is 2. The lowest BCUT2D eigenvalue weighted by Crippen LogP contribution is -2.02. The highest BCUT2D eigenvalue weighted by Crippen LogP contribution is 2.32. The first-order valence-corrected chi connectivity index (χ1v) is 7.90. The van der Waals surface area contributed by atoms with Gasteiger partial charge in [0.05, 0.1) is 18.5 Å². The molecule has 0 aliphatic carbocycles. The van der Waals surface area contributed by atoms with Gasteiger partial charge in [-0.05, 0) is 36.8 Å². The molecular formula is C18H16ClFN4O. The first-order chi connectivity index (χ1) is 12.1. The molecule has 3 aromatic rings. The van der Waals surface area contributed by atoms with Crippen molar-refractivity contribution in [3.63, 3.8) is 0 Å². The first-order valence-electron chi connectivity index (χ1n) is 7.52. The highest BCUT2D eigenvalue weighted by Gasteiger charge is 2.09. The summed E-state index contributed by atoms with van der Waals surface area (Å²) in [4.78, 5) is 8.53. The van der Waals surface area contributed by atoms with E-state index in [1.54, 1.807) is 43.6 Å². The summed E-state index contributed by atoms with van der Waals surface area (Å²) in [5, 5.41) is 6.63. The van der Waals surface area contributed by atoms with Crippen LogP contribution in [0.1, 0.15) is 5.56 Å².